The van der Waals surface area contributed by atoms with Crippen LogP contribution in [-0.2, 0) is 4.79 Å². The summed E-state index contributed by atoms with van der Waals surface area (Å²) in [6, 6.07) is 6.97. The van der Waals surface area contributed by atoms with E-state index < -0.39 is 6.04 Å². The Labute approximate surface area is 121 Å². The minimum atomic E-state index is -0.450. The third-order valence-corrected chi connectivity index (χ3v) is 3.22. The molecule has 0 bridgehead atoms. The number of rotatable bonds is 8. The standard InChI is InChI=1S/C16H26N2O2/c1-4-6-10-15(17)16(19)18-13-8-7-9-14(11-13)20-12(3)5-2/h7-9,11-12,15H,4-6,10,17H2,1-3H3,(H,18,19)/t12?,15-/m0/s1. The lowest BCUT2D eigenvalue weighted by Gasteiger charge is -2.15. The molecule has 1 amide bonds. The summed E-state index contributed by atoms with van der Waals surface area (Å²) in [5, 5.41) is 2.84. The summed E-state index contributed by atoms with van der Waals surface area (Å²) in [6.45, 7) is 6.18. The smallest absolute Gasteiger partial charge is 0.241 e. The van der Waals surface area contributed by atoms with Crippen molar-refractivity contribution in [3.05, 3.63) is 24.3 Å². The van der Waals surface area contributed by atoms with Crippen LogP contribution in [0.3, 0.4) is 0 Å². The molecule has 0 aliphatic carbocycles. The molecule has 0 aliphatic heterocycles. The van der Waals surface area contributed by atoms with Crippen molar-refractivity contribution in [3.8, 4) is 5.75 Å². The topological polar surface area (TPSA) is 64.4 Å². The van der Waals surface area contributed by atoms with Crippen LogP contribution in [-0.4, -0.2) is 18.1 Å². The molecule has 1 unspecified atom stereocenters. The van der Waals surface area contributed by atoms with Gasteiger partial charge in [-0.2, -0.15) is 0 Å². The maximum Gasteiger partial charge on any atom is 0.241 e. The molecule has 0 fully saturated rings. The highest BCUT2D eigenvalue weighted by Crippen LogP contribution is 2.19. The third kappa shape index (κ3) is 5.61. The normalized spacial score (nSPS) is 13.6. The van der Waals surface area contributed by atoms with Crippen molar-refractivity contribution in [2.24, 2.45) is 5.73 Å². The van der Waals surface area contributed by atoms with Gasteiger partial charge >= 0.3 is 0 Å². The van der Waals surface area contributed by atoms with Crippen LogP contribution in [0.1, 0.15) is 46.5 Å². The van der Waals surface area contributed by atoms with E-state index in [9.17, 15) is 4.79 Å². The predicted octanol–water partition coefficient (Wildman–Crippen LogP) is 3.32. The van der Waals surface area contributed by atoms with Crippen molar-refractivity contribution in [2.75, 3.05) is 5.32 Å². The molecule has 0 saturated carbocycles. The fraction of sp³-hybridized carbons (Fsp3) is 0.562. The van der Waals surface area contributed by atoms with E-state index in [4.69, 9.17) is 10.5 Å². The zero-order valence-electron chi connectivity index (χ0n) is 12.7. The van der Waals surface area contributed by atoms with Crippen LogP contribution in [0.25, 0.3) is 0 Å². The van der Waals surface area contributed by atoms with Crippen molar-refractivity contribution in [3.63, 3.8) is 0 Å². The van der Waals surface area contributed by atoms with Gasteiger partial charge in [-0.1, -0.05) is 32.8 Å². The number of amides is 1. The Morgan fingerprint density at radius 1 is 1.40 bits per heavy atom. The molecule has 0 aliphatic rings. The van der Waals surface area contributed by atoms with Gasteiger partial charge in [-0.25, -0.2) is 0 Å². The SMILES string of the molecule is CCCC[C@H](N)C(=O)Nc1cccc(OC(C)CC)c1. The summed E-state index contributed by atoms with van der Waals surface area (Å²) in [5.74, 6) is 0.624. The summed E-state index contributed by atoms with van der Waals surface area (Å²) in [4.78, 5) is 11.9. The molecule has 0 radical (unpaired) electrons. The van der Waals surface area contributed by atoms with Crippen molar-refractivity contribution >= 4 is 11.6 Å². The molecule has 112 valence electrons. The first-order valence-corrected chi connectivity index (χ1v) is 7.40. The first-order valence-electron chi connectivity index (χ1n) is 7.40. The van der Waals surface area contributed by atoms with Crippen LogP contribution < -0.4 is 15.8 Å². The maximum absolute atomic E-state index is 11.9. The molecule has 1 aromatic rings. The monoisotopic (exact) mass is 278 g/mol. The molecule has 1 aromatic carbocycles. The van der Waals surface area contributed by atoms with Crippen molar-refractivity contribution < 1.29 is 9.53 Å². The van der Waals surface area contributed by atoms with Gasteiger partial charge in [-0.05, 0) is 31.9 Å². The average Bonchev–Trinajstić information content (AvgIpc) is 2.44. The Morgan fingerprint density at radius 2 is 2.15 bits per heavy atom. The highest BCUT2D eigenvalue weighted by Gasteiger charge is 2.13. The van der Waals surface area contributed by atoms with Crippen LogP contribution in [0.5, 0.6) is 5.75 Å². The second-order valence-electron chi connectivity index (χ2n) is 5.10. The lowest BCUT2D eigenvalue weighted by molar-refractivity contribution is -0.117. The number of carbonyl (C=O) groups excluding carboxylic acids is 1. The Hall–Kier alpha value is -1.55. The predicted molar refractivity (Wildman–Crippen MR) is 83.0 cm³/mol. The maximum atomic E-state index is 11.9. The first-order chi connectivity index (χ1) is 9.56. The van der Waals surface area contributed by atoms with Gasteiger partial charge < -0.3 is 15.8 Å². The van der Waals surface area contributed by atoms with E-state index in [-0.39, 0.29) is 12.0 Å². The van der Waals surface area contributed by atoms with Gasteiger partial charge in [0.05, 0.1) is 12.1 Å². The van der Waals surface area contributed by atoms with Crippen molar-refractivity contribution in [1.82, 2.24) is 0 Å². The lowest BCUT2D eigenvalue weighted by atomic mass is 10.1. The Balaban J connectivity index is 2.59. The molecule has 4 nitrogen and oxygen atoms in total. The summed E-state index contributed by atoms with van der Waals surface area (Å²) in [6.07, 6.45) is 3.82. The molecular formula is C16H26N2O2. The number of nitrogens with two attached hydrogens (primary N) is 1. The Bertz CT molecular complexity index is 421. The molecule has 0 spiro atoms. The molecular weight excluding hydrogens is 252 g/mol. The molecule has 0 heterocycles. The van der Waals surface area contributed by atoms with Gasteiger partial charge in [0.25, 0.3) is 0 Å². The van der Waals surface area contributed by atoms with Gasteiger partial charge in [0.15, 0.2) is 0 Å². The quantitative estimate of drug-likeness (QED) is 0.766. The largest absolute Gasteiger partial charge is 0.491 e. The van der Waals surface area contributed by atoms with Gasteiger partial charge in [-0.15, -0.1) is 0 Å². The van der Waals surface area contributed by atoms with Gasteiger partial charge in [0, 0.05) is 11.8 Å². The Kier molecular flexibility index (Phi) is 7.09. The van der Waals surface area contributed by atoms with Crippen LogP contribution in [0.2, 0.25) is 0 Å². The van der Waals surface area contributed by atoms with Crippen LogP contribution >= 0.6 is 0 Å². The van der Waals surface area contributed by atoms with Crippen LogP contribution in [0.15, 0.2) is 24.3 Å². The summed E-state index contributed by atoms with van der Waals surface area (Å²) in [7, 11) is 0. The van der Waals surface area contributed by atoms with Crippen LogP contribution in [0.4, 0.5) is 5.69 Å². The van der Waals surface area contributed by atoms with E-state index in [0.717, 1.165) is 30.7 Å². The molecule has 0 saturated heterocycles. The minimum Gasteiger partial charge on any atom is -0.491 e. The number of carbonyl (C=O) groups is 1. The van der Waals surface area contributed by atoms with E-state index in [1.54, 1.807) is 0 Å². The fourth-order valence-electron chi connectivity index (χ4n) is 1.75. The number of nitrogens with one attached hydrogen (secondary N) is 1. The average molecular weight is 278 g/mol. The number of benzene rings is 1. The zero-order valence-corrected chi connectivity index (χ0v) is 12.7. The molecule has 2 atom stereocenters. The van der Waals surface area contributed by atoms with E-state index in [1.165, 1.54) is 0 Å². The highest BCUT2D eigenvalue weighted by molar-refractivity contribution is 5.94. The number of anilines is 1. The van der Waals surface area contributed by atoms with E-state index >= 15 is 0 Å². The minimum absolute atomic E-state index is 0.140. The lowest BCUT2D eigenvalue weighted by Crippen LogP contribution is -2.35. The number of ether oxygens (including phenoxy) is 1. The molecule has 20 heavy (non-hydrogen) atoms. The van der Waals surface area contributed by atoms with Gasteiger partial charge in [0.1, 0.15) is 5.75 Å². The van der Waals surface area contributed by atoms with Crippen molar-refractivity contribution in [1.29, 1.82) is 0 Å². The van der Waals surface area contributed by atoms with E-state index in [2.05, 4.69) is 19.2 Å². The van der Waals surface area contributed by atoms with Crippen molar-refractivity contribution in [2.45, 2.75) is 58.6 Å². The number of unbranched alkanes of at least 4 members (excludes halogenated alkanes) is 1. The number of hydrogen-bond acceptors (Lipinski definition) is 3. The molecule has 1 rings (SSSR count). The summed E-state index contributed by atoms with van der Waals surface area (Å²) in [5.41, 5.74) is 6.57. The van der Waals surface area contributed by atoms with E-state index in [1.807, 2.05) is 31.2 Å². The second kappa shape index (κ2) is 8.59. The van der Waals surface area contributed by atoms with Crippen LogP contribution in [0, 0.1) is 0 Å². The first kappa shape index (κ1) is 16.5. The summed E-state index contributed by atoms with van der Waals surface area (Å²) < 4.78 is 5.73. The van der Waals surface area contributed by atoms with Gasteiger partial charge in [0.2, 0.25) is 5.91 Å². The van der Waals surface area contributed by atoms with Gasteiger partial charge in [-0.3, -0.25) is 4.79 Å². The number of hydrogen-bond donors (Lipinski definition) is 2. The summed E-state index contributed by atoms with van der Waals surface area (Å²) >= 11 is 0. The zero-order chi connectivity index (χ0) is 15.0. The second-order valence-corrected chi connectivity index (χ2v) is 5.10. The fourth-order valence-corrected chi connectivity index (χ4v) is 1.75. The highest BCUT2D eigenvalue weighted by atomic mass is 16.5. The Morgan fingerprint density at radius 3 is 2.80 bits per heavy atom. The van der Waals surface area contributed by atoms with E-state index in [0.29, 0.717) is 6.42 Å². The third-order valence-electron chi connectivity index (χ3n) is 3.22. The molecule has 4 heteroatoms. The molecule has 0 aromatic heterocycles. The molecule has 3 N–H and O–H groups in total.